The highest BCUT2D eigenvalue weighted by Crippen LogP contribution is 2.38. The molecular formula is C24H36N2O10. The van der Waals surface area contributed by atoms with Crippen LogP contribution < -0.4 is 0 Å². The van der Waals surface area contributed by atoms with Gasteiger partial charge in [-0.05, 0) is 26.4 Å². The number of fused-ring (bicyclic) bond motifs is 1. The van der Waals surface area contributed by atoms with E-state index in [1.165, 1.54) is 0 Å². The van der Waals surface area contributed by atoms with Gasteiger partial charge in [-0.3, -0.25) is 19.2 Å². The highest BCUT2D eigenvalue weighted by Gasteiger charge is 2.41. The van der Waals surface area contributed by atoms with Crippen molar-refractivity contribution in [2.45, 2.75) is 58.5 Å². The van der Waals surface area contributed by atoms with Gasteiger partial charge in [0.2, 0.25) is 5.91 Å². The number of hydrogen-bond acceptors (Lipinski definition) is 8. The van der Waals surface area contributed by atoms with Gasteiger partial charge in [-0.15, -0.1) is 0 Å². The van der Waals surface area contributed by atoms with E-state index < -0.39 is 36.4 Å². The maximum atomic E-state index is 12.5. The van der Waals surface area contributed by atoms with Crippen LogP contribution >= 0.6 is 0 Å². The summed E-state index contributed by atoms with van der Waals surface area (Å²) in [4.78, 5) is 59.2. The highest BCUT2D eigenvalue weighted by atomic mass is 16.4. The first kappa shape index (κ1) is 30.8. The Bertz CT molecular complexity index is 993. The number of aliphatic carboxylic acids is 3. The number of furan rings is 1. The summed E-state index contributed by atoms with van der Waals surface area (Å²) < 4.78 is 5.82. The summed E-state index contributed by atoms with van der Waals surface area (Å²) in [7, 11) is 5.77. The van der Waals surface area contributed by atoms with Gasteiger partial charge in [0.25, 0.3) is 0 Å². The lowest BCUT2D eigenvalue weighted by atomic mass is 9.75. The zero-order valence-electron chi connectivity index (χ0n) is 21.6. The fourth-order valence-electron chi connectivity index (χ4n) is 3.80. The number of rotatable bonds is 10. The van der Waals surface area contributed by atoms with Gasteiger partial charge in [0.1, 0.15) is 11.5 Å². The normalized spacial score (nSPS) is 14.5. The van der Waals surface area contributed by atoms with Crippen molar-refractivity contribution in [3.05, 3.63) is 22.6 Å². The number of carbonyl (C=O) groups excluding carboxylic acids is 2. The lowest BCUT2D eigenvalue weighted by Crippen LogP contribution is -2.42. The van der Waals surface area contributed by atoms with E-state index in [2.05, 4.69) is 13.8 Å². The number of aliphatic hydroxyl groups is 1. The second-order valence-electron chi connectivity index (χ2n) is 10.1. The molecule has 0 bridgehead atoms. The van der Waals surface area contributed by atoms with Crippen LogP contribution in [0.5, 0.6) is 0 Å². The minimum atomic E-state index is -2.74. The van der Waals surface area contributed by atoms with E-state index >= 15 is 0 Å². The molecule has 4 N–H and O–H groups in total. The van der Waals surface area contributed by atoms with Crippen LogP contribution in [0, 0.1) is 12.3 Å². The minimum Gasteiger partial charge on any atom is -0.481 e. The van der Waals surface area contributed by atoms with Gasteiger partial charge in [-0.25, -0.2) is 4.79 Å². The van der Waals surface area contributed by atoms with E-state index in [-0.39, 0.29) is 23.5 Å². The summed E-state index contributed by atoms with van der Waals surface area (Å²) in [6, 6.07) is 0. The molecule has 0 aromatic carbocycles. The lowest BCUT2D eigenvalue weighted by Gasteiger charge is -2.27. The van der Waals surface area contributed by atoms with E-state index in [9.17, 15) is 24.0 Å². The molecule has 1 aromatic heterocycles. The maximum Gasteiger partial charge on any atom is 0.336 e. The van der Waals surface area contributed by atoms with Crippen molar-refractivity contribution >= 4 is 29.6 Å². The average molecular weight is 513 g/mol. The molecule has 36 heavy (non-hydrogen) atoms. The predicted octanol–water partition coefficient (Wildman–Crippen LogP) is 1.06. The summed E-state index contributed by atoms with van der Waals surface area (Å²) in [6.45, 7) is 7.49. The Morgan fingerprint density at radius 2 is 1.50 bits per heavy atom. The Morgan fingerprint density at radius 3 is 1.94 bits per heavy atom. The molecule has 1 heterocycles. The van der Waals surface area contributed by atoms with Crippen molar-refractivity contribution in [3.63, 3.8) is 0 Å². The maximum absolute atomic E-state index is 12.5. The van der Waals surface area contributed by atoms with Gasteiger partial charge in [0.15, 0.2) is 11.4 Å². The fourth-order valence-corrected chi connectivity index (χ4v) is 3.80. The van der Waals surface area contributed by atoms with Crippen LogP contribution in [0.3, 0.4) is 0 Å². The van der Waals surface area contributed by atoms with Crippen LogP contribution in [0.2, 0.25) is 0 Å². The van der Waals surface area contributed by atoms with Crippen LogP contribution in [0.25, 0.3) is 0 Å². The third-order valence-corrected chi connectivity index (χ3v) is 5.76. The Balaban J connectivity index is 0.000000426. The monoisotopic (exact) mass is 512 g/mol. The number of nitrogens with zero attached hydrogens (tertiary/aromatic N) is 2. The molecule has 0 spiro atoms. The number of aryl methyl sites for hydroxylation is 1. The van der Waals surface area contributed by atoms with E-state index in [4.69, 9.17) is 24.8 Å². The number of amides is 1. The van der Waals surface area contributed by atoms with Gasteiger partial charge in [-0.1, -0.05) is 13.8 Å². The van der Waals surface area contributed by atoms with Crippen LogP contribution in [-0.4, -0.2) is 99.7 Å². The molecule has 0 radical (unpaired) electrons. The molecule has 0 unspecified atom stereocenters. The lowest BCUT2D eigenvalue weighted by molar-refractivity contribution is -0.170. The first-order valence-corrected chi connectivity index (χ1v) is 11.3. The summed E-state index contributed by atoms with van der Waals surface area (Å²) in [6.07, 6.45) is -0.791. The quantitative estimate of drug-likeness (QED) is 0.351. The van der Waals surface area contributed by atoms with E-state index in [0.717, 1.165) is 24.3 Å². The van der Waals surface area contributed by atoms with Crippen molar-refractivity contribution < 1.29 is 48.8 Å². The minimum absolute atomic E-state index is 0.0242. The van der Waals surface area contributed by atoms with Crippen LogP contribution in [0.15, 0.2) is 4.42 Å². The molecule has 12 heteroatoms. The van der Waals surface area contributed by atoms with E-state index in [1.54, 1.807) is 11.9 Å². The summed E-state index contributed by atoms with van der Waals surface area (Å²) in [5.74, 6) is -3.43. The Morgan fingerprint density at radius 1 is 0.972 bits per heavy atom. The van der Waals surface area contributed by atoms with Crippen LogP contribution in [0.1, 0.15) is 60.6 Å². The molecule has 1 amide bonds. The number of ketones is 1. The van der Waals surface area contributed by atoms with Crippen LogP contribution in [-0.2, 0) is 32.0 Å². The first-order chi connectivity index (χ1) is 16.4. The van der Waals surface area contributed by atoms with E-state index in [1.807, 2.05) is 25.9 Å². The molecule has 0 saturated heterocycles. The number of carbonyl (C=O) groups is 5. The third-order valence-electron chi connectivity index (χ3n) is 5.76. The molecule has 1 aliphatic carbocycles. The highest BCUT2D eigenvalue weighted by molar-refractivity contribution is 6.01. The van der Waals surface area contributed by atoms with Crippen molar-refractivity contribution in [1.29, 1.82) is 0 Å². The van der Waals surface area contributed by atoms with Gasteiger partial charge < -0.3 is 34.6 Å². The van der Waals surface area contributed by atoms with Crippen molar-refractivity contribution in [1.82, 2.24) is 9.80 Å². The SMILES string of the molecule is Cc1oc2c(c1CC(=O)N(C)CCN(C)C)C(=O)CC(C)(C)C2.O=C(O)CC(O)(CC(=O)O)C(=O)O. The molecule has 202 valence electrons. The number of hydrogen-bond donors (Lipinski definition) is 4. The molecule has 0 aliphatic heterocycles. The second-order valence-corrected chi connectivity index (χ2v) is 10.1. The smallest absolute Gasteiger partial charge is 0.336 e. The van der Waals surface area contributed by atoms with Gasteiger partial charge >= 0.3 is 17.9 Å². The molecule has 0 atom stereocenters. The molecule has 12 nitrogen and oxygen atoms in total. The molecule has 1 aliphatic rings. The van der Waals surface area contributed by atoms with Crippen LogP contribution in [0.4, 0.5) is 0 Å². The number of carboxylic acid groups (broad SMARTS) is 3. The largest absolute Gasteiger partial charge is 0.481 e. The first-order valence-electron chi connectivity index (χ1n) is 11.3. The molecule has 0 fully saturated rings. The Labute approximate surface area is 209 Å². The number of carboxylic acids is 3. The molecular weight excluding hydrogens is 476 g/mol. The molecule has 0 saturated carbocycles. The van der Waals surface area contributed by atoms with Gasteiger partial charge in [0.05, 0.1) is 24.8 Å². The summed E-state index contributed by atoms with van der Waals surface area (Å²) >= 11 is 0. The number of likely N-dealkylation sites (N-methyl/N-ethyl adjacent to an activating group) is 2. The second kappa shape index (κ2) is 12.1. The zero-order valence-corrected chi connectivity index (χ0v) is 21.6. The molecule has 1 aromatic rings. The summed E-state index contributed by atoms with van der Waals surface area (Å²) in [5.41, 5.74) is -1.37. The Hall–Kier alpha value is -3.25. The summed E-state index contributed by atoms with van der Waals surface area (Å²) in [5, 5.41) is 33.8. The predicted molar refractivity (Wildman–Crippen MR) is 127 cm³/mol. The number of Topliss-reactive ketones (excluding diaryl/α,β-unsaturated/α-hetero) is 1. The van der Waals surface area contributed by atoms with Crippen molar-refractivity contribution in [3.8, 4) is 0 Å². The van der Waals surface area contributed by atoms with E-state index in [0.29, 0.717) is 24.3 Å². The standard InChI is InChI=1S/C18H28N2O3.C6H8O7/c1-12-13(9-16(22)20(6)8-7-19(4)5)17-14(21)10-18(2,3)11-15(17)23-12;7-3(8)1-6(13,5(11)12)2-4(9)10/h7-11H2,1-6H3;13H,1-2H2,(H,7,8)(H,9,10)(H,11,12). The fraction of sp³-hybridized carbons (Fsp3) is 0.625. The zero-order chi connectivity index (χ0) is 28.0. The Kier molecular flexibility index (Phi) is 10.4. The average Bonchev–Trinajstić information content (AvgIpc) is 2.98. The molecule has 2 rings (SSSR count). The van der Waals surface area contributed by atoms with Crippen molar-refractivity contribution in [2.75, 3.05) is 34.2 Å². The third kappa shape index (κ3) is 8.76. The van der Waals surface area contributed by atoms with Crippen molar-refractivity contribution in [2.24, 2.45) is 5.41 Å². The van der Waals surface area contributed by atoms with Gasteiger partial charge in [-0.2, -0.15) is 0 Å². The van der Waals surface area contributed by atoms with Gasteiger partial charge in [0, 0.05) is 38.5 Å². The topological polar surface area (TPSA) is 186 Å².